The molecule has 1 aliphatic heterocycles. The molecule has 1 fully saturated rings. The molecule has 0 saturated heterocycles. The lowest BCUT2D eigenvalue weighted by Crippen LogP contribution is -2.52. The van der Waals surface area contributed by atoms with Crippen LogP contribution in [-0.4, -0.2) is 77.6 Å². The van der Waals surface area contributed by atoms with E-state index in [1.54, 1.807) is 35.7 Å². The van der Waals surface area contributed by atoms with Crippen LogP contribution in [0.1, 0.15) is 24.2 Å². The summed E-state index contributed by atoms with van der Waals surface area (Å²) < 4.78 is 46.3. The van der Waals surface area contributed by atoms with Crippen LogP contribution < -0.4 is 4.72 Å². The number of allylic oxidation sites excluding steroid dienone is 1. The highest BCUT2D eigenvalue weighted by Gasteiger charge is 2.49. The summed E-state index contributed by atoms with van der Waals surface area (Å²) in [6.07, 6.45) is 9.71. The molecule has 0 aromatic carbocycles. The van der Waals surface area contributed by atoms with E-state index in [4.69, 9.17) is 0 Å². The van der Waals surface area contributed by atoms with Gasteiger partial charge in [-0.1, -0.05) is 6.08 Å². The van der Waals surface area contributed by atoms with E-state index >= 15 is 0 Å². The van der Waals surface area contributed by atoms with Gasteiger partial charge in [-0.25, -0.2) is 22.3 Å². The van der Waals surface area contributed by atoms with Gasteiger partial charge in [0.2, 0.25) is 10.0 Å². The number of halogens is 1. The molecular formula is C21H24FN8O4S+. The van der Waals surface area contributed by atoms with Gasteiger partial charge in [0.15, 0.2) is 12.4 Å². The molecule has 3 heterocycles. The number of nitrogens with one attached hydrogen (secondary N) is 1. The number of imide groups is 1. The highest BCUT2D eigenvalue weighted by Crippen LogP contribution is 2.37. The summed E-state index contributed by atoms with van der Waals surface area (Å²) in [7, 11) is -0.558. The van der Waals surface area contributed by atoms with Crippen molar-refractivity contribution in [2.24, 2.45) is 14.1 Å². The fourth-order valence-electron chi connectivity index (χ4n) is 4.07. The average molecular weight is 504 g/mol. The third-order valence-electron chi connectivity index (χ3n) is 6.31. The Hall–Kier alpha value is -3.52. The van der Waals surface area contributed by atoms with Gasteiger partial charge in [0.25, 0.3) is 0 Å². The first-order valence-electron chi connectivity index (χ1n) is 10.9. The third-order valence-corrected chi connectivity index (χ3v) is 8.04. The summed E-state index contributed by atoms with van der Waals surface area (Å²) >= 11 is 0. The molecule has 0 spiro atoms. The molecule has 3 aliphatic rings. The molecule has 1 unspecified atom stereocenters. The van der Waals surface area contributed by atoms with E-state index in [-0.39, 0.29) is 24.4 Å². The molecule has 5 rings (SSSR count). The van der Waals surface area contributed by atoms with E-state index in [0.29, 0.717) is 24.2 Å². The van der Waals surface area contributed by atoms with Gasteiger partial charge in [-0.05, 0) is 25.0 Å². The molecule has 2 aliphatic carbocycles. The van der Waals surface area contributed by atoms with Gasteiger partial charge in [-0.3, -0.25) is 4.68 Å². The Morgan fingerprint density at radius 1 is 1.29 bits per heavy atom. The van der Waals surface area contributed by atoms with Crippen LogP contribution >= 0.6 is 0 Å². The number of hydrogen-bond donors (Lipinski definition) is 1. The average Bonchev–Trinajstić information content (AvgIpc) is 3.27. The molecule has 35 heavy (non-hydrogen) atoms. The highest BCUT2D eigenvalue weighted by atomic mass is 32.2. The van der Waals surface area contributed by atoms with E-state index in [1.807, 2.05) is 0 Å². The van der Waals surface area contributed by atoms with Gasteiger partial charge >= 0.3 is 11.9 Å². The highest BCUT2D eigenvalue weighted by molar-refractivity contribution is 7.90. The number of carbonyl (C=O) groups excluding carboxylic acids is 2. The van der Waals surface area contributed by atoms with Crippen molar-refractivity contribution in [2.75, 3.05) is 6.67 Å². The molecule has 1 saturated carbocycles. The number of aromatic nitrogens is 5. The fourth-order valence-corrected chi connectivity index (χ4v) is 5.67. The van der Waals surface area contributed by atoms with Gasteiger partial charge in [0.05, 0.1) is 11.7 Å². The number of hydrogen-bond acceptors (Lipinski definition) is 7. The van der Waals surface area contributed by atoms with E-state index in [9.17, 15) is 22.4 Å². The van der Waals surface area contributed by atoms with E-state index < -0.39 is 39.4 Å². The maximum Gasteiger partial charge on any atom is 0.502 e. The van der Waals surface area contributed by atoms with Crippen molar-refractivity contribution in [3.63, 3.8) is 0 Å². The third kappa shape index (κ3) is 4.23. The van der Waals surface area contributed by atoms with Crippen LogP contribution in [0.25, 0.3) is 0 Å². The Balaban J connectivity index is 1.54. The van der Waals surface area contributed by atoms with Crippen LogP contribution in [-0.2, 0) is 42.0 Å². The fraction of sp³-hybridized carbons (Fsp3) is 0.429. The number of urea groups is 1. The largest absolute Gasteiger partial charge is 0.502 e. The molecule has 3 amide bonds. The predicted molar refractivity (Wildman–Crippen MR) is 120 cm³/mol. The summed E-state index contributed by atoms with van der Waals surface area (Å²) in [6, 6.07) is -0.576. The van der Waals surface area contributed by atoms with Crippen molar-refractivity contribution in [2.45, 2.75) is 36.7 Å². The summed E-state index contributed by atoms with van der Waals surface area (Å²) in [4.78, 5) is 27.9. The minimum atomic E-state index is -4.01. The standard InChI is InChI=1S/C21H24FN8O4S/c1-27-13-23-25-18(27)11-29-17-4-3-15(35(33,34)26-21(12-22)5-6-21)7-16(17)19(31)30(20(29)32)10-14-8-24-28(2)9-14/h3-4,7-9,13,15,26H,5-6,10-12H2,1-2H3/q+1. The van der Waals surface area contributed by atoms with Crippen LogP contribution in [0.2, 0.25) is 0 Å². The number of alkyl halides is 1. The predicted octanol–water partition coefficient (Wildman–Crippen LogP) is -0.0492. The summed E-state index contributed by atoms with van der Waals surface area (Å²) in [5.74, 6) is -0.149. The smallest absolute Gasteiger partial charge is 0.317 e. The van der Waals surface area contributed by atoms with Gasteiger partial charge in [-0.2, -0.15) is 19.4 Å². The summed E-state index contributed by atoms with van der Waals surface area (Å²) in [5.41, 5.74) is -0.0968. The zero-order valence-corrected chi connectivity index (χ0v) is 19.9. The van der Waals surface area contributed by atoms with Gasteiger partial charge in [0.1, 0.15) is 36.1 Å². The Kier molecular flexibility index (Phi) is 5.51. The number of aryl methyl sites for hydroxylation is 2. The lowest BCUT2D eigenvalue weighted by Gasteiger charge is -2.26. The summed E-state index contributed by atoms with van der Waals surface area (Å²) in [5, 5.41) is 10.8. The van der Waals surface area contributed by atoms with Crippen molar-refractivity contribution in [3.8, 4) is 0 Å². The normalized spacial score (nSPS) is 21.4. The van der Waals surface area contributed by atoms with Crippen molar-refractivity contribution < 1.29 is 27.0 Å². The minimum Gasteiger partial charge on any atom is -0.317 e. The van der Waals surface area contributed by atoms with Gasteiger partial charge in [0, 0.05) is 25.9 Å². The maximum atomic E-state index is 13.4. The van der Waals surface area contributed by atoms with E-state index in [0.717, 1.165) is 4.90 Å². The second kappa shape index (κ2) is 8.30. The van der Waals surface area contributed by atoms with Crippen molar-refractivity contribution in [1.82, 2.24) is 34.2 Å². The molecule has 1 atom stereocenters. The Morgan fingerprint density at radius 2 is 2.06 bits per heavy atom. The monoisotopic (exact) mass is 503 g/mol. The molecule has 2 aromatic heterocycles. The van der Waals surface area contributed by atoms with Crippen molar-refractivity contribution in [3.05, 3.63) is 53.9 Å². The molecular weight excluding hydrogens is 479 g/mol. The number of fused-ring (bicyclic) bond motifs is 1. The number of nitrogens with zero attached hydrogens (tertiary/aromatic N) is 7. The van der Waals surface area contributed by atoms with Crippen LogP contribution in [0.4, 0.5) is 9.18 Å². The first kappa shape index (κ1) is 23.2. The lowest BCUT2D eigenvalue weighted by atomic mass is 9.99. The van der Waals surface area contributed by atoms with Crippen LogP contribution in [0.15, 0.2) is 42.5 Å². The maximum absolute atomic E-state index is 13.4. The number of amides is 3. The number of carbonyl (C=O) groups is 2. The summed E-state index contributed by atoms with van der Waals surface area (Å²) in [6.45, 7) is -0.825. The number of rotatable bonds is 8. The molecule has 0 bridgehead atoms. The van der Waals surface area contributed by atoms with E-state index in [2.05, 4.69) is 20.0 Å². The van der Waals surface area contributed by atoms with Crippen molar-refractivity contribution >= 4 is 27.7 Å². The van der Waals surface area contributed by atoms with E-state index in [1.165, 1.54) is 29.1 Å². The zero-order valence-electron chi connectivity index (χ0n) is 19.1. The molecule has 1 N–H and O–H groups in total. The number of sulfonamides is 1. The van der Waals surface area contributed by atoms with Crippen LogP contribution in [0, 0.1) is 0 Å². The first-order chi connectivity index (χ1) is 16.6. The van der Waals surface area contributed by atoms with Crippen LogP contribution in [0.3, 0.4) is 0 Å². The minimum absolute atomic E-state index is 0.0177. The quantitative estimate of drug-likeness (QED) is 0.499. The second-order valence-corrected chi connectivity index (χ2v) is 10.8. The Labute approximate surface area is 200 Å². The second-order valence-electron chi connectivity index (χ2n) is 8.99. The van der Waals surface area contributed by atoms with Gasteiger partial charge in [-0.15, -0.1) is 10.2 Å². The Bertz CT molecular complexity index is 1420. The topological polar surface area (TPSA) is 135 Å². The van der Waals surface area contributed by atoms with Crippen LogP contribution in [0.5, 0.6) is 0 Å². The zero-order chi connectivity index (χ0) is 25.0. The molecule has 0 radical (unpaired) electrons. The van der Waals surface area contributed by atoms with Crippen molar-refractivity contribution in [1.29, 1.82) is 0 Å². The van der Waals surface area contributed by atoms with Gasteiger partial charge < -0.3 is 4.57 Å². The molecule has 14 heteroatoms. The Morgan fingerprint density at radius 3 is 2.66 bits per heavy atom. The lowest BCUT2D eigenvalue weighted by molar-refractivity contribution is -0.455. The molecule has 184 valence electrons. The molecule has 2 aromatic rings. The molecule has 12 nitrogen and oxygen atoms in total. The SMILES string of the molecule is Cn1cc(CN2C(=O)C3=CC(S(=O)(=O)NC4(CF)CC4)C=CC3=[N+](Cc3nncn3C)C2=O)cn1. The first-order valence-corrected chi connectivity index (χ1v) is 12.5.